The van der Waals surface area contributed by atoms with Crippen molar-refractivity contribution in [2.24, 2.45) is 0 Å². The average molecular weight is 581 g/mol. The molecule has 0 nitrogen and oxygen atoms in total. The number of rotatable bonds is 20. The molecular formula is C40H65Cl. The highest BCUT2D eigenvalue weighted by atomic mass is 35.5. The van der Waals surface area contributed by atoms with Gasteiger partial charge in [0.15, 0.2) is 0 Å². The van der Waals surface area contributed by atoms with Crippen LogP contribution in [0.4, 0.5) is 0 Å². The van der Waals surface area contributed by atoms with Gasteiger partial charge in [0.1, 0.15) is 0 Å². The van der Waals surface area contributed by atoms with Gasteiger partial charge in [-0.2, -0.15) is 0 Å². The Labute approximate surface area is 262 Å². The van der Waals surface area contributed by atoms with Gasteiger partial charge >= 0.3 is 0 Å². The van der Waals surface area contributed by atoms with Crippen molar-refractivity contribution in [3.8, 4) is 0 Å². The minimum absolute atomic E-state index is 0.371. The first-order valence-electron chi connectivity index (χ1n) is 16.1. The second-order valence-electron chi connectivity index (χ2n) is 13.2. The quantitative estimate of drug-likeness (QED) is 0.0991. The maximum absolute atomic E-state index is 7.38. The summed E-state index contributed by atoms with van der Waals surface area (Å²) in [6.45, 7) is 24.4. The van der Waals surface area contributed by atoms with Crippen LogP contribution in [0.5, 0.6) is 0 Å². The number of halogens is 1. The Morgan fingerprint density at radius 3 is 0.976 bits per heavy atom. The number of alkyl halides is 1. The molecule has 0 aromatic heterocycles. The van der Waals surface area contributed by atoms with Crippen molar-refractivity contribution in [1.82, 2.24) is 0 Å². The first kappa shape index (κ1) is 39.2. The van der Waals surface area contributed by atoms with Gasteiger partial charge in [-0.25, -0.2) is 0 Å². The molecule has 0 spiro atoms. The van der Waals surface area contributed by atoms with E-state index >= 15 is 0 Å². The van der Waals surface area contributed by atoms with E-state index in [4.69, 9.17) is 11.6 Å². The zero-order chi connectivity index (χ0) is 31.3. The molecule has 0 aliphatic rings. The predicted molar refractivity (Wildman–Crippen MR) is 191 cm³/mol. The lowest BCUT2D eigenvalue weighted by atomic mass is 9.92. The van der Waals surface area contributed by atoms with Crippen molar-refractivity contribution in [2.45, 2.75) is 158 Å². The largest absolute Gasteiger partial charge is 0.114 e. The van der Waals surface area contributed by atoms with Crippen LogP contribution in [0.2, 0.25) is 0 Å². The predicted octanol–water partition coefficient (Wildman–Crippen LogP) is 14.3. The van der Waals surface area contributed by atoms with Crippen LogP contribution >= 0.6 is 11.6 Å². The molecule has 0 bridgehead atoms. The van der Waals surface area contributed by atoms with E-state index in [2.05, 4.69) is 125 Å². The molecule has 0 saturated carbocycles. The van der Waals surface area contributed by atoms with Crippen LogP contribution in [0.1, 0.15) is 153 Å². The molecule has 0 atom stereocenters. The van der Waals surface area contributed by atoms with Gasteiger partial charge in [-0.3, -0.25) is 0 Å². The van der Waals surface area contributed by atoms with Crippen molar-refractivity contribution < 1.29 is 0 Å². The molecule has 0 amide bonds. The Kier molecular flexibility index (Phi) is 21.8. The minimum Gasteiger partial charge on any atom is -0.114 e. The zero-order valence-electron chi connectivity index (χ0n) is 29.0. The lowest BCUT2D eigenvalue weighted by Gasteiger charge is -2.23. The van der Waals surface area contributed by atoms with Gasteiger partial charge in [0.05, 0.1) is 4.87 Å². The molecule has 0 saturated heterocycles. The van der Waals surface area contributed by atoms with E-state index in [1.165, 1.54) is 44.6 Å². The van der Waals surface area contributed by atoms with Crippen molar-refractivity contribution >= 4 is 11.6 Å². The third-order valence-electron chi connectivity index (χ3n) is 7.42. The lowest BCUT2D eigenvalue weighted by Crippen LogP contribution is -2.17. The topological polar surface area (TPSA) is 0 Å². The Morgan fingerprint density at radius 1 is 0.390 bits per heavy atom. The van der Waals surface area contributed by atoms with Crippen molar-refractivity contribution in [3.05, 3.63) is 93.2 Å². The smallest absolute Gasteiger partial charge is 0.0697 e. The van der Waals surface area contributed by atoms with E-state index in [-0.39, 0.29) is 4.87 Å². The molecule has 0 aromatic rings. The van der Waals surface area contributed by atoms with Crippen LogP contribution in [-0.2, 0) is 0 Å². The van der Waals surface area contributed by atoms with Gasteiger partial charge in [-0.1, -0.05) is 93.2 Å². The van der Waals surface area contributed by atoms with Crippen LogP contribution in [0.25, 0.3) is 0 Å². The van der Waals surface area contributed by atoms with E-state index in [0.717, 1.165) is 77.0 Å². The number of allylic oxidation sites excluding steroid dienone is 16. The zero-order valence-corrected chi connectivity index (χ0v) is 29.7. The summed E-state index contributed by atoms with van der Waals surface area (Å²) in [6.07, 6.45) is 31.9. The Balaban J connectivity index is 5.32. The molecule has 41 heavy (non-hydrogen) atoms. The highest BCUT2D eigenvalue weighted by Crippen LogP contribution is 2.32. The van der Waals surface area contributed by atoms with Gasteiger partial charge < -0.3 is 0 Å². The molecule has 1 heteroatoms. The molecule has 0 fully saturated rings. The fraction of sp³-hybridized carbons (Fsp3) is 0.600. The molecule has 0 aliphatic heterocycles. The third kappa shape index (κ3) is 24.5. The summed E-state index contributed by atoms with van der Waals surface area (Å²) in [4.78, 5) is -0.371. The Morgan fingerprint density at radius 2 is 0.659 bits per heavy atom. The summed E-state index contributed by atoms with van der Waals surface area (Å²) in [6, 6.07) is 0. The third-order valence-corrected chi connectivity index (χ3v) is 7.84. The molecule has 0 radical (unpaired) electrons. The average Bonchev–Trinajstić information content (AvgIpc) is 2.85. The summed E-state index contributed by atoms with van der Waals surface area (Å²) >= 11 is 7.38. The Hall–Kier alpha value is -1.79. The molecule has 232 valence electrons. The van der Waals surface area contributed by atoms with Gasteiger partial charge in [-0.15, -0.1) is 11.6 Å². The van der Waals surface area contributed by atoms with E-state index in [0.29, 0.717) is 0 Å². The summed E-state index contributed by atoms with van der Waals surface area (Å²) in [5, 5.41) is 0. The van der Waals surface area contributed by atoms with Gasteiger partial charge in [0.25, 0.3) is 0 Å². The number of hydrogen-bond acceptors (Lipinski definition) is 0. The summed E-state index contributed by atoms with van der Waals surface area (Å²) in [7, 11) is 0. The van der Waals surface area contributed by atoms with Crippen LogP contribution in [-0.4, -0.2) is 4.87 Å². The maximum atomic E-state index is 7.38. The van der Waals surface area contributed by atoms with Crippen molar-refractivity contribution in [2.75, 3.05) is 0 Å². The summed E-state index contributed by atoms with van der Waals surface area (Å²) in [5.74, 6) is 0. The van der Waals surface area contributed by atoms with Crippen LogP contribution in [0, 0.1) is 0 Å². The molecule has 0 aromatic carbocycles. The molecule has 0 N–H and O–H groups in total. The maximum Gasteiger partial charge on any atom is 0.0697 e. The minimum atomic E-state index is -0.371. The van der Waals surface area contributed by atoms with Gasteiger partial charge in [0, 0.05) is 0 Å². The standard InChI is InChI=1S/C40H65Cl/c1-32(2)17-12-20-35(7)22-15-24-37(9)27-29-40(41,31-39(11)26-14-19-34(5)6)30-28-38(10)25-16-23-36(8)21-13-18-33(3)4/h17-19,22-23,27-28,31H,12-16,20-21,24-26,29-30H2,1-11H3. The van der Waals surface area contributed by atoms with E-state index in [1.807, 2.05) is 0 Å². The van der Waals surface area contributed by atoms with Crippen LogP contribution < -0.4 is 0 Å². The molecule has 0 aliphatic carbocycles. The normalized spacial score (nSPS) is 15.0. The van der Waals surface area contributed by atoms with Crippen LogP contribution in [0.15, 0.2) is 93.2 Å². The lowest BCUT2D eigenvalue weighted by molar-refractivity contribution is 0.698. The molecule has 0 heterocycles. The van der Waals surface area contributed by atoms with E-state index in [1.54, 1.807) is 0 Å². The first-order chi connectivity index (χ1) is 19.2. The number of hydrogen-bond donors (Lipinski definition) is 0. The molecular weight excluding hydrogens is 516 g/mol. The van der Waals surface area contributed by atoms with Gasteiger partial charge in [0.2, 0.25) is 0 Å². The second kappa shape index (κ2) is 22.8. The monoisotopic (exact) mass is 580 g/mol. The highest BCUT2D eigenvalue weighted by Gasteiger charge is 2.22. The van der Waals surface area contributed by atoms with E-state index in [9.17, 15) is 0 Å². The highest BCUT2D eigenvalue weighted by molar-refractivity contribution is 6.25. The molecule has 0 unspecified atom stereocenters. The first-order valence-corrected chi connectivity index (χ1v) is 16.5. The van der Waals surface area contributed by atoms with E-state index < -0.39 is 0 Å². The SMILES string of the molecule is CC(C)=CCCC(C)=CCCC(C)=CCC(Cl)(C=C(C)CCC=C(C)C)CC=C(C)CCC=C(C)CCC=C(C)C. The molecule has 0 rings (SSSR count). The summed E-state index contributed by atoms with van der Waals surface area (Å²) in [5.41, 5.74) is 11.5. The summed E-state index contributed by atoms with van der Waals surface area (Å²) < 4.78 is 0. The fourth-order valence-electron chi connectivity index (χ4n) is 4.67. The fourth-order valence-corrected chi connectivity index (χ4v) is 5.01. The second-order valence-corrected chi connectivity index (χ2v) is 13.9. The van der Waals surface area contributed by atoms with Gasteiger partial charge in [-0.05, 0) is 153 Å². The Bertz CT molecular complexity index is 927. The van der Waals surface area contributed by atoms with Crippen molar-refractivity contribution in [3.63, 3.8) is 0 Å². The van der Waals surface area contributed by atoms with Crippen LogP contribution in [0.3, 0.4) is 0 Å². The van der Waals surface area contributed by atoms with Crippen molar-refractivity contribution in [1.29, 1.82) is 0 Å².